The van der Waals surface area contributed by atoms with Gasteiger partial charge in [0.25, 0.3) is 5.91 Å². The number of aromatic amines is 1. The molecule has 2 aromatic heterocycles. The molecule has 1 aliphatic carbocycles. The number of nitrogens with zero attached hydrogens (tertiary/aromatic N) is 1. The zero-order valence-electron chi connectivity index (χ0n) is 19.7. The Balaban J connectivity index is 1.48. The van der Waals surface area contributed by atoms with E-state index in [9.17, 15) is 9.18 Å². The summed E-state index contributed by atoms with van der Waals surface area (Å²) < 4.78 is 31.6. The van der Waals surface area contributed by atoms with E-state index in [0.29, 0.717) is 41.5 Å². The van der Waals surface area contributed by atoms with Gasteiger partial charge in [-0.25, -0.2) is 4.39 Å². The van der Waals surface area contributed by atoms with Gasteiger partial charge in [-0.1, -0.05) is 6.07 Å². The number of nitrogens with one attached hydrogen (secondary N) is 3. The molecule has 0 radical (unpaired) electrons. The van der Waals surface area contributed by atoms with Crippen LogP contribution in [-0.4, -0.2) is 48.3 Å². The smallest absolute Gasteiger partial charge is 0.255 e. The fourth-order valence-corrected chi connectivity index (χ4v) is 4.90. The Morgan fingerprint density at radius 3 is 2.80 bits per heavy atom. The molecule has 182 valence electrons. The summed E-state index contributed by atoms with van der Waals surface area (Å²) in [6, 6.07) is 6.50. The van der Waals surface area contributed by atoms with Gasteiger partial charge >= 0.3 is 0 Å². The Morgan fingerprint density at radius 2 is 2.09 bits per heavy atom. The number of H-pyrrole nitrogens is 1. The summed E-state index contributed by atoms with van der Waals surface area (Å²) in [5.74, 6) is -0.0209. The number of halogens is 1. The summed E-state index contributed by atoms with van der Waals surface area (Å²) in [7, 11) is 1.42. The molecule has 2 fully saturated rings. The van der Waals surface area contributed by atoms with Crippen LogP contribution in [0, 0.1) is 5.82 Å². The summed E-state index contributed by atoms with van der Waals surface area (Å²) in [6.07, 6.45) is 6.24. The van der Waals surface area contributed by atoms with Crippen LogP contribution in [-0.2, 0) is 10.2 Å². The number of methoxy groups -OCH3 is 1. The number of carbonyl (C=O) groups excluding carboxylic acids is 1. The third-order valence-corrected chi connectivity index (χ3v) is 7.30. The first-order valence-corrected chi connectivity index (χ1v) is 11.8. The number of hydrogen-bond donors (Lipinski definition) is 3. The topological polar surface area (TPSA) is 97.5 Å². The van der Waals surface area contributed by atoms with Gasteiger partial charge in [-0.05, 0) is 38.0 Å². The van der Waals surface area contributed by atoms with Gasteiger partial charge in [-0.2, -0.15) is 0 Å². The van der Waals surface area contributed by atoms with E-state index < -0.39 is 5.82 Å². The lowest BCUT2D eigenvalue weighted by Gasteiger charge is -2.38. The van der Waals surface area contributed by atoms with Crippen molar-refractivity contribution in [3.05, 3.63) is 53.7 Å². The highest BCUT2D eigenvalue weighted by molar-refractivity contribution is 6.07. The SMILES string of the molecule is COc1c(F)cccc1Nc1c(-c2ccncc2OC[C@]2(C)CCO2)[nH]c2c1C(=O)NCC21CC1. The molecule has 9 heteroatoms. The first-order chi connectivity index (χ1) is 16.9. The summed E-state index contributed by atoms with van der Waals surface area (Å²) in [4.78, 5) is 20.9. The highest BCUT2D eigenvalue weighted by Gasteiger charge is 2.51. The minimum absolute atomic E-state index is 0.0759. The minimum atomic E-state index is -0.492. The minimum Gasteiger partial charge on any atom is -0.492 e. The van der Waals surface area contributed by atoms with E-state index in [1.165, 1.54) is 13.2 Å². The van der Waals surface area contributed by atoms with Crippen molar-refractivity contribution in [3.63, 3.8) is 0 Å². The number of pyridine rings is 1. The van der Waals surface area contributed by atoms with Crippen molar-refractivity contribution in [2.75, 3.05) is 32.2 Å². The Labute approximate surface area is 202 Å². The molecular weight excluding hydrogens is 451 g/mol. The lowest BCUT2D eigenvalue weighted by molar-refractivity contribution is -0.152. The monoisotopic (exact) mass is 478 g/mol. The van der Waals surface area contributed by atoms with Gasteiger partial charge < -0.3 is 29.8 Å². The van der Waals surface area contributed by atoms with Crippen molar-refractivity contribution in [2.24, 2.45) is 0 Å². The molecule has 1 amide bonds. The van der Waals surface area contributed by atoms with Crippen LogP contribution in [0.1, 0.15) is 42.2 Å². The van der Waals surface area contributed by atoms with Gasteiger partial charge in [0, 0.05) is 35.8 Å². The van der Waals surface area contributed by atoms with Crippen molar-refractivity contribution < 1.29 is 23.4 Å². The average Bonchev–Trinajstić information content (AvgIpc) is 3.52. The zero-order chi connectivity index (χ0) is 24.2. The van der Waals surface area contributed by atoms with Gasteiger partial charge in [-0.15, -0.1) is 0 Å². The summed E-state index contributed by atoms with van der Waals surface area (Å²) in [5.41, 5.74) is 3.40. The predicted octanol–water partition coefficient (Wildman–Crippen LogP) is 4.30. The predicted molar refractivity (Wildman–Crippen MR) is 128 cm³/mol. The van der Waals surface area contributed by atoms with Gasteiger partial charge in [0.15, 0.2) is 11.6 Å². The Kier molecular flexibility index (Phi) is 5.00. The summed E-state index contributed by atoms with van der Waals surface area (Å²) in [6.45, 7) is 3.72. The molecule has 1 atom stereocenters. The van der Waals surface area contributed by atoms with E-state index in [1.54, 1.807) is 24.5 Å². The number of benzene rings is 1. The summed E-state index contributed by atoms with van der Waals surface area (Å²) in [5, 5.41) is 6.33. The molecule has 3 aromatic rings. The van der Waals surface area contributed by atoms with E-state index >= 15 is 0 Å². The van der Waals surface area contributed by atoms with Crippen LogP contribution in [0.2, 0.25) is 0 Å². The maximum Gasteiger partial charge on any atom is 0.255 e. The van der Waals surface area contributed by atoms with Crippen LogP contribution >= 0.6 is 0 Å². The number of aromatic nitrogens is 2. The zero-order valence-corrected chi connectivity index (χ0v) is 19.7. The number of ether oxygens (including phenoxy) is 3. The van der Waals surface area contributed by atoms with Crippen LogP contribution in [0.3, 0.4) is 0 Å². The molecule has 2 aliphatic heterocycles. The van der Waals surface area contributed by atoms with Gasteiger partial charge in [-0.3, -0.25) is 9.78 Å². The van der Waals surface area contributed by atoms with E-state index in [4.69, 9.17) is 14.2 Å². The largest absolute Gasteiger partial charge is 0.492 e. The van der Waals surface area contributed by atoms with Crippen LogP contribution < -0.4 is 20.1 Å². The molecule has 3 N–H and O–H groups in total. The Hall–Kier alpha value is -3.59. The van der Waals surface area contributed by atoms with E-state index in [0.717, 1.165) is 37.1 Å². The van der Waals surface area contributed by atoms with Gasteiger partial charge in [0.05, 0.1) is 42.5 Å². The average molecular weight is 479 g/mol. The molecule has 6 rings (SSSR count). The van der Waals surface area contributed by atoms with E-state index in [1.807, 2.05) is 13.0 Å². The highest BCUT2D eigenvalue weighted by atomic mass is 19.1. The third-order valence-electron chi connectivity index (χ3n) is 7.30. The van der Waals surface area contributed by atoms with Gasteiger partial charge in [0.2, 0.25) is 0 Å². The Bertz CT molecular complexity index is 1310. The number of para-hydroxylation sites is 1. The van der Waals surface area contributed by atoms with Crippen molar-refractivity contribution in [2.45, 2.75) is 37.2 Å². The number of amides is 1. The lowest BCUT2D eigenvalue weighted by atomic mass is 9.93. The first kappa shape index (κ1) is 21.9. The molecule has 0 bridgehead atoms. The maximum atomic E-state index is 14.5. The fraction of sp³-hybridized carbons (Fsp3) is 0.385. The lowest BCUT2D eigenvalue weighted by Crippen LogP contribution is -2.45. The molecule has 35 heavy (non-hydrogen) atoms. The molecular formula is C26H27FN4O4. The highest BCUT2D eigenvalue weighted by Crippen LogP contribution is 2.54. The van der Waals surface area contributed by atoms with Gasteiger partial charge in [0.1, 0.15) is 18.0 Å². The fourth-order valence-electron chi connectivity index (χ4n) is 4.90. The first-order valence-electron chi connectivity index (χ1n) is 11.8. The number of hydrogen-bond acceptors (Lipinski definition) is 6. The van der Waals surface area contributed by atoms with Crippen molar-refractivity contribution in [1.29, 1.82) is 0 Å². The molecule has 1 saturated heterocycles. The van der Waals surface area contributed by atoms with E-state index in [2.05, 4.69) is 20.6 Å². The Morgan fingerprint density at radius 1 is 1.26 bits per heavy atom. The number of fused-ring (bicyclic) bond motifs is 2. The van der Waals surface area contributed by atoms with Crippen molar-refractivity contribution in [3.8, 4) is 22.8 Å². The number of rotatable bonds is 7. The van der Waals surface area contributed by atoms with Crippen LogP contribution in [0.5, 0.6) is 11.5 Å². The van der Waals surface area contributed by atoms with Crippen molar-refractivity contribution >= 4 is 17.3 Å². The number of anilines is 2. The van der Waals surface area contributed by atoms with Crippen LogP contribution in [0.4, 0.5) is 15.8 Å². The van der Waals surface area contributed by atoms with Crippen LogP contribution in [0.15, 0.2) is 36.7 Å². The van der Waals surface area contributed by atoms with Crippen molar-refractivity contribution in [1.82, 2.24) is 15.3 Å². The standard InChI is InChI=1S/C26H27FN4O4/c1-25(9-11-35-25)14-34-18-12-28-10-6-15(18)20-21(30-17-5-3-4-16(27)22(17)33-2)19-23(31-20)26(7-8-26)13-29-24(19)32/h3-6,10,12,30-31H,7-9,11,13-14H2,1-2H3,(H,29,32)/t25-/m0/s1. The molecule has 3 aliphatic rings. The molecule has 1 spiro atoms. The molecule has 1 saturated carbocycles. The second kappa shape index (κ2) is 7.98. The molecule has 4 heterocycles. The quantitative estimate of drug-likeness (QED) is 0.469. The summed E-state index contributed by atoms with van der Waals surface area (Å²) >= 11 is 0. The normalized spacial score (nSPS) is 21.6. The second-order valence-electron chi connectivity index (χ2n) is 9.74. The molecule has 1 aromatic carbocycles. The van der Waals surface area contributed by atoms with Crippen LogP contribution in [0.25, 0.3) is 11.3 Å². The maximum absolute atomic E-state index is 14.5. The second-order valence-corrected chi connectivity index (χ2v) is 9.74. The number of carbonyl (C=O) groups is 1. The third kappa shape index (κ3) is 3.61. The van der Waals surface area contributed by atoms with E-state index in [-0.39, 0.29) is 22.7 Å². The molecule has 0 unspecified atom stereocenters. The molecule has 8 nitrogen and oxygen atoms in total.